The highest BCUT2D eigenvalue weighted by molar-refractivity contribution is 5.73. The first-order chi connectivity index (χ1) is 10.1. The molecule has 1 aliphatic rings. The van der Waals surface area contributed by atoms with Gasteiger partial charge in [0.05, 0.1) is 14.2 Å². The summed E-state index contributed by atoms with van der Waals surface area (Å²) in [6, 6.07) is 3.48. The van der Waals surface area contributed by atoms with Crippen LogP contribution < -0.4 is 9.47 Å². The second-order valence-electron chi connectivity index (χ2n) is 5.45. The van der Waals surface area contributed by atoms with Crippen molar-refractivity contribution in [3.63, 3.8) is 0 Å². The van der Waals surface area contributed by atoms with Gasteiger partial charge >= 0.3 is 5.97 Å². The Morgan fingerprint density at radius 2 is 2.00 bits per heavy atom. The number of ether oxygens (including phenoxy) is 2. The van der Waals surface area contributed by atoms with Crippen LogP contribution in [0.1, 0.15) is 30.4 Å². The van der Waals surface area contributed by atoms with Crippen LogP contribution in [0.15, 0.2) is 12.1 Å². The number of carboxylic acids is 1. The van der Waals surface area contributed by atoms with Gasteiger partial charge in [0, 0.05) is 12.1 Å². The molecule has 1 atom stereocenters. The summed E-state index contributed by atoms with van der Waals surface area (Å²) in [5.74, 6) is 0.838. The summed E-state index contributed by atoms with van der Waals surface area (Å²) in [5, 5.41) is 9.36. The summed E-state index contributed by atoms with van der Waals surface area (Å²) in [6.07, 6.45) is 2.72. The number of hydrogen-bond donors (Lipinski definition) is 1. The third-order valence-corrected chi connectivity index (χ3v) is 4.07. The van der Waals surface area contributed by atoms with Gasteiger partial charge in [-0.3, -0.25) is 9.69 Å². The molecule has 21 heavy (non-hydrogen) atoms. The van der Waals surface area contributed by atoms with Gasteiger partial charge in [0.15, 0.2) is 0 Å². The van der Waals surface area contributed by atoms with E-state index < -0.39 is 12.0 Å². The van der Waals surface area contributed by atoms with Gasteiger partial charge in [-0.05, 0) is 44.0 Å². The van der Waals surface area contributed by atoms with Crippen molar-refractivity contribution in [2.45, 2.75) is 38.8 Å². The fourth-order valence-corrected chi connectivity index (χ4v) is 2.92. The lowest BCUT2D eigenvalue weighted by molar-refractivity contribution is -0.144. The Labute approximate surface area is 125 Å². The topological polar surface area (TPSA) is 59.0 Å². The van der Waals surface area contributed by atoms with Gasteiger partial charge in [-0.25, -0.2) is 0 Å². The van der Waals surface area contributed by atoms with Crippen LogP contribution in [0.2, 0.25) is 0 Å². The zero-order valence-electron chi connectivity index (χ0n) is 12.9. The average molecular weight is 293 g/mol. The summed E-state index contributed by atoms with van der Waals surface area (Å²) < 4.78 is 10.8. The minimum Gasteiger partial charge on any atom is -0.496 e. The van der Waals surface area contributed by atoms with Gasteiger partial charge in [-0.1, -0.05) is 6.42 Å². The van der Waals surface area contributed by atoms with Crippen LogP contribution in [0.3, 0.4) is 0 Å². The molecule has 5 nitrogen and oxygen atoms in total. The molecule has 1 heterocycles. The number of hydrogen-bond acceptors (Lipinski definition) is 4. The van der Waals surface area contributed by atoms with Crippen LogP contribution in [0.4, 0.5) is 0 Å². The molecule has 1 N–H and O–H groups in total. The molecule has 0 spiro atoms. The van der Waals surface area contributed by atoms with Crippen LogP contribution >= 0.6 is 0 Å². The molecule has 0 radical (unpaired) electrons. The van der Waals surface area contributed by atoms with Crippen molar-refractivity contribution in [3.8, 4) is 11.5 Å². The maximum absolute atomic E-state index is 11.4. The van der Waals surface area contributed by atoms with Crippen molar-refractivity contribution < 1.29 is 19.4 Å². The normalized spacial score (nSPS) is 19.3. The number of carboxylic acid groups (broad SMARTS) is 1. The Morgan fingerprint density at radius 3 is 2.62 bits per heavy atom. The van der Waals surface area contributed by atoms with Gasteiger partial charge < -0.3 is 14.6 Å². The van der Waals surface area contributed by atoms with E-state index in [2.05, 4.69) is 0 Å². The van der Waals surface area contributed by atoms with Crippen molar-refractivity contribution in [1.82, 2.24) is 4.90 Å². The first kappa shape index (κ1) is 15.6. The van der Waals surface area contributed by atoms with E-state index in [0.717, 1.165) is 42.0 Å². The van der Waals surface area contributed by atoms with E-state index >= 15 is 0 Å². The minimum atomic E-state index is -0.743. The molecule has 0 saturated carbocycles. The fraction of sp³-hybridized carbons (Fsp3) is 0.562. The van der Waals surface area contributed by atoms with Gasteiger partial charge in [-0.2, -0.15) is 0 Å². The SMILES string of the molecule is COc1cc(CN2CCCCC2C(=O)O)c(OC)cc1C. The Hall–Kier alpha value is -1.75. The Morgan fingerprint density at radius 1 is 1.29 bits per heavy atom. The minimum absolute atomic E-state index is 0.407. The van der Waals surface area contributed by atoms with Crippen molar-refractivity contribution in [2.75, 3.05) is 20.8 Å². The number of piperidine rings is 1. The molecule has 1 aromatic carbocycles. The molecule has 0 amide bonds. The number of likely N-dealkylation sites (tertiary alicyclic amines) is 1. The summed E-state index contributed by atoms with van der Waals surface area (Å²) in [6.45, 7) is 3.33. The summed E-state index contributed by atoms with van der Waals surface area (Å²) in [5.41, 5.74) is 1.97. The maximum atomic E-state index is 11.4. The van der Waals surface area contributed by atoms with Crippen LogP contribution in [-0.2, 0) is 11.3 Å². The largest absolute Gasteiger partial charge is 0.496 e. The fourth-order valence-electron chi connectivity index (χ4n) is 2.92. The van der Waals surface area contributed by atoms with E-state index in [9.17, 15) is 9.90 Å². The highest BCUT2D eigenvalue weighted by Crippen LogP contribution is 2.30. The Bertz CT molecular complexity index is 515. The molecule has 0 aromatic heterocycles. The number of benzene rings is 1. The highest BCUT2D eigenvalue weighted by atomic mass is 16.5. The van der Waals surface area contributed by atoms with Crippen molar-refractivity contribution in [3.05, 3.63) is 23.3 Å². The van der Waals surface area contributed by atoms with E-state index in [0.29, 0.717) is 13.0 Å². The maximum Gasteiger partial charge on any atom is 0.320 e. The summed E-state index contributed by atoms with van der Waals surface area (Å²) in [4.78, 5) is 13.4. The van der Waals surface area contributed by atoms with Crippen LogP contribution in [0, 0.1) is 6.92 Å². The second-order valence-corrected chi connectivity index (χ2v) is 5.45. The molecule has 1 aromatic rings. The molecule has 1 unspecified atom stereocenters. The molecule has 5 heteroatoms. The second kappa shape index (κ2) is 6.80. The standard InChI is InChI=1S/C16H23NO4/c1-11-8-15(21-3)12(9-14(11)20-2)10-17-7-5-4-6-13(17)16(18)19/h8-9,13H,4-7,10H2,1-3H3,(H,18,19). The van der Waals surface area contributed by atoms with Gasteiger partial charge in [-0.15, -0.1) is 0 Å². The Kier molecular flexibility index (Phi) is 5.07. The van der Waals surface area contributed by atoms with Crippen LogP contribution in [-0.4, -0.2) is 42.8 Å². The molecular formula is C16H23NO4. The molecule has 116 valence electrons. The van der Waals surface area contributed by atoms with Crippen LogP contribution in [0.5, 0.6) is 11.5 Å². The lowest BCUT2D eigenvalue weighted by Crippen LogP contribution is -2.44. The molecule has 1 saturated heterocycles. The summed E-state index contributed by atoms with van der Waals surface area (Å²) in [7, 11) is 3.27. The molecule has 0 bridgehead atoms. The first-order valence-corrected chi connectivity index (χ1v) is 7.25. The van der Waals surface area contributed by atoms with Crippen molar-refractivity contribution in [2.24, 2.45) is 0 Å². The monoisotopic (exact) mass is 293 g/mol. The third-order valence-electron chi connectivity index (χ3n) is 4.07. The predicted octanol–water partition coefficient (Wildman–Crippen LogP) is 2.45. The number of aryl methyl sites for hydroxylation is 1. The van der Waals surface area contributed by atoms with Gasteiger partial charge in [0.1, 0.15) is 17.5 Å². The zero-order chi connectivity index (χ0) is 15.4. The predicted molar refractivity (Wildman–Crippen MR) is 80.0 cm³/mol. The number of rotatable bonds is 5. The lowest BCUT2D eigenvalue weighted by Gasteiger charge is -2.33. The number of nitrogens with zero attached hydrogens (tertiary/aromatic N) is 1. The Balaban J connectivity index is 2.26. The van der Waals surface area contributed by atoms with E-state index in [4.69, 9.17) is 9.47 Å². The van der Waals surface area contributed by atoms with Gasteiger partial charge in [0.2, 0.25) is 0 Å². The smallest absolute Gasteiger partial charge is 0.320 e. The zero-order valence-corrected chi connectivity index (χ0v) is 12.9. The molecular weight excluding hydrogens is 270 g/mol. The van der Waals surface area contributed by atoms with E-state index in [-0.39, 0.29) is 0 Å². The van der Waals surface area contributed by atoms with E-state index in [1.165, 1.54) is 0 Å². The van der Waals surface area contributed by atoms with Crippen LogP contribution in [0.25, 0.3) is 0 Å². The molecule has 1 aliphatic heterocycles. The first-order valence-electron chi connectivity index (χ1n) is 7.25. The van der Waals surface area contributed by atoms with Gasteiger partial charge in [0.25, 0.3) is 0 Å². The molecule has 1 fully saturated rings. The number of methoxy groups -OCH3 is 2. The average Bonchev–Trinajstić information content (AvgIpc) is 2.48. The third kappa shape index (κ3) is 3.47. The van der Waals surface area contributed by atoms with Crippen molar-refractivity contribution >= 4 is 5.97 Å². The molecule has 2 rings (SSSR count). The lowest BCUT2D eigenvalue weighted by atomic mass is 10.0. The molecule has 0 aliphatic carbocycles. The van der Waals surface area contributed by atoms with E-state index in [1.807, 2.05) is 24.0 Å². The quantitative estimate of drug-likeness (QED) is 0.903. The number of carbonyl (C=O) groups is 1. The number of aliphatic carboxylic acids is 1. The van der Waals surface area contributed by atoms with E-state index in [1.54, 1.807) is 14.2 Å². The summed E-state index contributed by atoms with van der Waals surface area (Å²) >= 11 is 0. The highest BCUT2D eigenvalue weighted by Gasteiger charge is 2.29. The van der Waals surface area contributed by atoms with Crippen molar-refractivity contribution in [1.29, 1.82) is 0 Å².